The highest BCUT2D eigenvalue weighted by Crippen LogP contribution is 2.24. The Kier molecular flexibility index (Phi) is 8.28. The number of hydrogen-bond donors (Lipinski definition) is 2. The molecule has 9 nitrogen and oxygen atoms in total. The predicted molar refractivity (Wildman–Crippen MR) is 141 cm³/mol. The number of nitriles is 1. The van der Waals surface area contributed by atoms with E-state index >= 15 is 0 Å². The van der Waals surface area contributed by atoms with E-state index in [1.54, 1.807) is 19.4 Å². The summed E-state index contributed by atoms with van der Waals surface area (Å²) in [6.45, 7) is 2.28. The summed E-state index contributed by atoms with van der Waals surface area (Å²) >= 11 is 0. The summed E-state index contributed by atoms with van der Waals surface area (Å²) in [5, 5.41) is 12.8. The Hall–Kier alpha value is -3.65. The molecular weight excluding hydrogens is 492 g/mol. The number of rotatable bonds is 12. The van der Waals surface area contributed by atoms with Gasteiger partial charge < -0.3 is 14.2 Å². The van der Waals surface area contributed by atoms with Crippen LogP contribution in [0.25, 0.3) is 22.2 Å². The first kappa shape index (κ1) is 26.4. The van der Waals surface area contributed by atoms with Crippen molar-refractivity contribution in [2.24, 2.45) is 7.05 Å². The zero-order valence-corrected chi connectivity index (χ0v) is 21.6. The van der Waals surface area contributed by atoms with Gasteiger partial charge in [-0.2, -0.15) is 9.98 Å². The molecule has 0 unspecified atom stereocenters. The molecule has 4 aromatic rings. The third-order valence-electron chi connectivity index (χ3n) is 6.26. The largest absolute Gasteiger partial charge is 0.469 e. The van der Waals surface area contributed by atoms with E-state index in [9.17, 15) is 18.5 Å². The Morgan fingerprint density at radius 1 is 1.11 bits per heavy atom. The fourth-order valence-electron chi connectivity index (χ4n) is 4.12. The molecule has 4 rings (SSSR count). The Labute approximate surface area is 215 Å². The van der Waals surface area contributed by atoms with Gasteiger partial charge in [-0.1, -0.05) is 30.3 Å². The number of aryl methyl sites for hydroxylation is 2. The Morgan fingerprint density at radius 2 is 1.86 bits per heavy atom. The second-order valence-corrected chi connectivity index (χ2v) is 11.0. The lowest BCUT2D eigenvalue weighted by molar-refractivity contribution is 0.465. The van der Waals surface area contributed by atoms with Crippen molar-refractivity contribution in [3.8, 4) is 17.2 Å². The van der Waals surface area contributed by atoms with E-state index in [4.69, 9.17) is 8.83 Å². The summed E-state index contributed by atoms with van der Waals surface area (Å²) in [4.78, 5) is 11.7. The topological polar surface area (TPSA) is 130 Å². The van der Waals surface area contributed by atoms with Crippen molar-refractivity contribution in [3.05, 3.63) is 82.7 Å². The van der Waals surface area contributed by atoms with Crippen molar-refractivity contribution in [2.45, 2.75) is 38.3 Å². The minimum Gasteiger partial charge on any atom is -0.469 e. The first-order valence-electron chi connectivity index (χ1n) is 12.1. The average Bonchev–Trinajstić information content (AvgIpc) is 3.50. The summed E-state index contributed by atoms with van der Waals surface area (Å²) in [6.07, 6.45) is 3.49. The van der Waals surface area contributed by atoms with Gasteiger partial charge in [0.2, 0.25) is 10.0 Å². The monoisotopic (exact) mass is 522 g/mol. The van der Waals surface area contributed by atoms with Crippen LogP contribution in [-0.2, 0) is 29.9 Å². The van der Waals surface area contributed by atoms with Crippen molar-refractivity contribution >= 4 is 21.1 Å². The number of furan rings is 1. The van der Waals surface area contributed by atoms with Crippen LogP contribution in [0.2, 0.25) is 0 Å². The van der Waals surface area contributed by atoms with Gasteiger partial charge in [-0.05, 0) is 54.3 Å². The van der Waals surface area contributed by atoms with E-state index in [0.29, 0.717) is 11.1 Å². The molecule has 2 aromatic carbocycles. The predicted octanol–water partition coefficient (Wildman–Crippen LogP) is 3.36. The molecule has 194 valence electrons. The lowest BCUT2D eigenvalue weighted by Gasteiger charge is -2.15. The number of hydrogen-bond acceptors (Lipinski definition) is 7. The second-order valence-electron chi connectivity index (χ2n) is 9.10. The standard InChI is InChI=1S/C27H30N4O5S/c1-19(5-11-24-4-3-14-35-24)29-13-15-37(33,34)30-23(18-28)16-20-6-8-21(9-7-20)22-10-12-26-25(17-22)31(2)27(32)36-26/h3-4,6-10,12,14,17,19,23,29-30H,5,11,13,15-16H2,1-2H3/t19-,23+/m1/s1. The van der Waals surface area contributed by atoms with Crippen LogP contribution >= 0.6 is 0 Å². The van der Waals surface area contributed by atoms with Gasteiger partial charge in [-0.3, -0.25) is 4.57 Å². The van der Waals surface area contributed by atoms with Crippen LogP contribution < -0.4 is 15.8 Å². The summed E-state index contributed by atoms with van der Waals surface area (Å²) < 4.78 is 39.5. The maximum atomic E-state index is 12.5. The highest BCUT2D eigenvalue weighted by Gasteiger charge is 2.18. The SMILES string of the molecule is C[C@H](CCc1ccco1)NCCS(=O)(=O)N[C@H](C#N)Cc1ccc(-c2ccc3oc(=O)n(C)c3c2)cc1. The minimum absolute atomic E-state index is 0.117. The van der Waals surface area contributed by atoms with Crippen LogP contribution in [0.3, 0.4) is 0 Å². The smallest absolute Gasteiger partial charge is 0.419 e. The molecule has 0 spiro atoms. The molecule has 0 saturated carbocycles. The number of nitrogens with one attached hydrogen (secondary N) is 2. The highest BCUT2D eigenvalue weighted by atomic mass is 32.2. The van der Waals surface area contributed by atoms with Crippen LogP contribution in [0.4, 0.5) is 0 Å². The van der Waals surface area contributed by atoms with Crippen molar-refractivity contribution in [1.82, 2.24) is 14.6 Å². The first-order valence-corrected chi connectivity index (χ1v) is 13.7. The number of sulfonamides is 1. The summed E-state index contributed by atoms with van der Waals surface area (Å²) in [7, 11) is -1.97. The van der Waals surface area contributed by atoms with Gasteiger partial charge in [-0.25, -0.2) is 13.2 Å². The van der Waals surface area contributed by atoms with Crippen LogP contribution in [0.1, 0.15) is 24.7 Å². The lowest BCUT2D eigenvalue weighted by atomic mass is 10.0. The maximum Gasteiger partial charge on any atom is 0.419 e. The summed E-state index contributed by atoms with van der Waals surface area (Å²) in [6, 6.07) is 18.1. The quantitative estimate of drug-likeness (QED) is 0.292. The van der Waals surface area contributed by atoms with Gasteiger partial charge in [0, 0.05) is 32.5 Å². The zero-order chi connectivity index (χ0) is 26.4. The molecular formula is C27H30N4O5S. The molecule has 2 atom stereocenters. The van der Waals surface area contributed by atoms with Crippen molar-refractivity contribution in [2.75, 3.05) is 12.3 Å². The van der Waals surface area contributed by atoms with Gasteiger partial charge >= 0.3 is 5.76 Å². The fourth-order valence-corrected chi connectivity index (χ4v) is 5.19. The number of nitrogens with zero attached hydrogens (tertiary/aromatic N) is 2. The molecule has 0 radical (unpaired) electrons. The molecule has 10 heteroatoms. The molecule has 37 heavy (non-hydrogen) atoms. The molecule has 0 amide bonds. The Balaban J connectivity index is 1.29. The average molecular weight is 523 g/mol. The molecule has 2 aromatic heterocycles. The van der Waals surface area contributed by atoms with E-state index in [2.05, 4.69) is 16.1 Å². The van der Waals surface area contributed by atoms with Crippen molar-refractivity contribution in [3.63, 3.8) is 0 Å². The van der Waals surface area contributed by atoms with E-state index in [-0.39, 0.29) is 24.8 Å². The Morgan fingerprint density at radius 3 is 2.57 bits per heavy atom. The van der Waals surface area contributed by atoms with Crippen LogP contribution in [0.15, 0.2) is 74.5 Å². The number of oxazole rings is 1. The Bertz CT molecular complexity index is 1530. The van der Waals surface area contributed by atoms with Gasteiger partial charge in [0.05, 0.1) is 23.6 Å². The molecule has 2 heterocycles. The van der Waals surface area contributed by atoms with E-state index < -0.39 is 21.8 Å². The number of benzene rings is 2. The number of fused-ring (bicyclic) bond motifs is 1. The molecule has 0 saturated heterocycles. The third kappa shape index (κ3) is 6.98. The molecule has 0 fully saturated rings. The molecule has 0 aliphatic heterocycles. The third-order valence-corrected chi connectivity index (χ3v) is 7.65. The first-order chi connectivity index (χ1) is 17.7. The maximum absolute atomic E-state index is 12.5. The second kappa shape index (κ2) is 11.6. The highest BCUT2D eigenvalue weighted by molar-refractivity contribution is 7.89. The van der Waals surface area contributed by atoms with Crippen molar-refractivity contribution < 1.29 is 17.3 Å². The van der Waals surface area contributed by atoms with Crippen LogP contribution in [0, 0.1) is 11.3 Å². The van der Waals surface area contributed by atoms with Gasteiger partial charge in [-0.15, -0.1) is 0 Å². The summed E-state index contributed by atoms with van der Waals surface area (Å²) in [5.74, 6) is 0.371. The molecule has 2 N–H and O–H groups in total. The lowest BCUT2D eigenvalue weighted by Crippen LogP contribution is -2.40. The molecule has 0 aliphatic rings. The zero-order valence-electron chi connectivity index (χ0n) is 20.8. The molecule has 0 bridgehead atoms. The summed E-state index contributed by atoms with van der Waals surface area (Å²) in [5.41, 5.74) is 3.90. The number of aromatic nitrogens is 1. The molecule has 0 aliphatic carbocycles. The van der Waals surface area contributed by atoms with Crippen molar-refractivity contribution in [1.29, 1.82) is 5.26 Å². The van der Waals surface area contributed by atoms with E-state index in [1.807, 2.05) is 55.5 Å². The normalized spacial score (nSPS) is 13.4. The van der Waals surface area contributed by atoms with E-state index in [1.165, 1.54) is 4.57 Å². The van der Waals surface area contributed by atoms with Gasteiger partial charge in [0.1, 0.15) is 11.8 Å². The van der Waals surface area contributed by atoms with E-state index in [0.717, 1.165) is 35.3 Å². The van der Waals surface area contributed by atoms with Crippen LogP contribution in [-0.4, -0.2) is 37.4 Å². The fraction of sp³-hybridized carbons (Fsp3) is 0.333. The van der Waals surface area contributed by atoms with Gasteiger partial charge in [0.25, 0.3) is 0 Å². The van der Waals surface area contributed by atoms with Gasteiger partial charge in [0.15, 0.2) is 5.58 Å². The van der Waals surface area contributed by atoms with Crippen LogP contribution in [0.5, 0.6) is 0 Å². The minimum atomic E-state index is -3.63.